The van der Waals surface area contributed by atoms with Gasteiger partial charge in [0.15, 0.2) is 11.6 Å². The second-order valence-electron chi connectivity index (χ2n) is 4.55. The Morgan fingerprint density at radius 3 is 2.40 bits per heavy atom. The summed E-state index contributed by atoms with van der Waals surface area (Å²) in [6, 6.07) is 2.78. The van der Waals surface area contributed by atoms with Crippen molar-refractivity contribution in [2.45, 2.75) is 19.8 Å². The molecule has 0 aliphatic carbocycles. The smallest absolute Gasteiger partial charge is 0.297 e. The standard InChI is InChI=1S/C13H11ClF2N2O2/c1-6(2)10-11(14)17-13(20)18(12(10)19)7-3-4-8(15)9(16)5-7/h3-6H,1-2H3,(H,17,20). The van der Waals surface area contributed by atoms with Crippen LogP contribution in [-0.4, -0.2) is 9.55 Å². The summed E-state index contributed by atoms with van der Waals surface area (Å²) in [6.07, 6.45) is 0. The molecule has 0 spiro atoms. The van der Waals surface area contributed by atoms with Gasteiger partial charge >= 0.3 is 5.69 Å². The van der Waals surface area contributed by atoms with Crippen LogP contribution in [0.4, 0.5) is 8.78 Å². The van der Waals surface area contributed by atoms with Gasteiger partial charge in [-0.2, -0.15) is 0 Å². The Morgan fingerprint density at radius 2 is 1.85 bits per heavy atom. The Hall–Kier alpha value is -1.95. The number of nitrogens with one attached hydrogen (secondary N) is 1. The summed E-state index contributed by atoms with van der Waals surface area (Å²) in [5.74, 6) is -2.44. The first kappa shape index (κ1) is 14.5. The summed E-state index contributed by atoms with van der Waals surface area (Å²) >= 11 is 5.84. The minimum absolute atomic E-state index is 0.0474. The Labute approximate surface area is 117 Å². The summed E-state index contributed by atoms with van der Waals surface area (Å²) < 4.78 is 26.9. The van der Waals surface area contributed by atoms with Gasteiger partial charge in [0.1, 0.15) is 5.15 Å². The van der Waals surface area contributed by atoms with Gasteiger partial charge in [0.25, 0.3) is 5.56 Å². The Morgan fingerprint density at radius 1 is 1.20 bits per heavy atom. The largest absolute Gasteiger partial charge is 0.334 e. The van der Waals surface area contributed by atoms with Crippen molar-refractivity contribution in [1.82, 2.24) is 9.55 Å². The van der Waals surface area contributed by atoms with Gasteiger partial charge < -0.3 is 0 Å². The lowest BCUT2D eigenvalue weighted by molar-refractivity contribution is 0.507. The number of hydrogen-bond acceptors (Lipinski definition) is 2. The highest BCUT2D eigenvalue weighted by molar-refractivity contribution is 6.30. The normalized spacial score (nSPS) is 11.1. The van der Waals surface area contributed by atoms with Crippen LogP contribution in [-0.2, 0) is 0 Å². The SMILES string of the molecule is CC(C)c1c(Cl)[nH]c(=O)n(-c2ccc(F)c(F)c2)c1=O. The van der Waals surface area contributed by atoms with E-state index >= 15 is 0 Å². The molecule has 0 radical (unpaired) electrons. The highest BCUT2D eigenvalue weighted by atomic mass is 35.5. The van der Waals surface area contributed by atoms with Crippen LogP contribution in [0.3, 0.4) is 0 Å². The number of halogens is 3. The zero-order chi connectivity index (χ0) is 15.0. The molecule has 1 N–H and O–H groups in total. The van der Waals surface area contributed by atoms with E-state index in [-0.39, 0.29) is 22.3 Å². The van der Waals surface area contributed by atoms with Crippen molar-refractivity contribution in [2.24, 2.45) is 0 Å². The minimum Gasteiger partial charge on any atom is -0.297 e. The molecule has 0 saturated heterocycles. The van der Waals surface area contributed by atoms with Crippen molar-refractivity contribution >= 4 is 11.6 Å². The maximum atomic E-state index is 13.2. The van der Waals surface area contributed by atoms with Gasteiger partial charge in [-0.3, -0.25) is 9.78 Å². The Balaban J connectivity index is 2.81. The molecular weight excluding hydrogens is 290 g/mol. The van der Waals surface area contributed by atoms with Gasteiger partial charge in [-0.25, -0.2) is 18.1 Å². The number of benzene rings is 1. The van der Waals surface area contributed by atoms with E-state index < -0.39 is 22.9 Å². The third kappa shape index (κ3) is 2.38. The first-order chi connectivity index (χ1) is 9.32. The van der Waals surface area contributed by atoms with Crippen LogP contribution in [0.2, 0.25) is 5.15 Å². The highest BCUT2D eigenvalue weighted by Gasteiger charge is 2.17. The summed E-state index contributed by atoms with van der Waals surface area (Å²) in [4.78, 5) is 26.4. The molecule has 0 fully saturated rings. The maximum absolute atomic E-state index is 13.2. The summed E-state index contributed by atoms with van der Waals surface area (Å²) in [5, 5.41) is -0.0474. The summed E-state index contributed by atoms with van der Waals surface area (Å²) in [7, 11) is 0. The molecular formula is C13H11ClF2N2O2. The predicted molar refractivity (Wildman–Crippen MR) is 71.7 cm³/mol. The van der Waals surface area contributed by atoms with E-state index in [1.807, 2.05) is 0 Å². The van der Waals surface area contributed by atoms with E-state index in [4.69, 9.17) is 11.6 Å². The fraction of sp³-hybridized carbons (Fsp3) is 0.231. The number of nitrogens with zero attached hydrogens (tertiary/aromatic N) is 1. The first-order valence-electron chi connectivity index (χ1n) is 5.83. The van der Waals surface area contributed by atoms with Crippen molar-refractivity contribution in [1.29, 1.82) is 0 Å². The van der Waals surface area contributed by atoms with E-state index in [0.29, 0.717) is 0 Å². The van der Waals surface area contributed by atoms with Crippen LogP contribution in [0.25, 0.3) is 5.69 Å². The van der Waals surface area contributed by atoms with E-state index in [1.165, 1.54) is 0 Å². The second kappa shape index (κ2) is 5.20. The third-order valence-corrected chi connectivity index (χ3v) is 3.13. The molecule has 1 aromatic carbocycles. The molecule has 0 bridgehead atoms. The number of aromatic nitrogens is 2. The quantitative estimate of drug-likeness (QED) is 0.867. The van der Waals surface area contributed by atoms with Crippen LogP contribution >= 0.6 is 11.6 Å². The van der Waals surface area contributed by atoms with Crippen molar-refractivity contribution < 1.29 is 8.78 Å². The van der Waals surface area contributed by atoms with Gasteiger partial charge in [-0.05, 0) is 18.1 Å². The number of rotatable bonds is 2. The molecule has 106 valence electrons. The molecule has 1 aromatic heterocycles. The van der Waals surface area contributed by atoms with Crippen LogP contribution in [0.5, 0.6) is 0 Å². The lowest BCUT2D eigenvalue weighted by Gasteiger charge is -2.11. The number of H-pyrrole nitrogens is 1. The average molecular weight is 301 g/mol. The minimum atomic E-state index is -1.14. The van der Waals surface area contributed by atoms with Crippen molar-refractivity contribution in [3.63, 3.8) is 0 Å². The molecule has 2 rings (SSSR count). The molecule has 0 saturated carbocycles. The average Bonchev–Trinajstić information content (AvgIpc) is 2.32. The highest BCUT2D eigenvalue weighted by Crippen LogP contribution is 2.18. The molecule has 20 heavy (non-hydrogen) atoms. The van der Waals surface area contributed by atoms with E-state index in [0.717, 1.165) is 22.8 Å². The van der Waals surface area contributed by atoms with E-state index in [9.17, 15) is 18.4 Å². The number of hydrogen-bond donors (Lipinski definition) is 1. The van der Waals surface area contributed by atoms with Crippen LogP contribution in [0.1, 0.15) is 25.3 Å². The zero-order valence-electron chi connectivity index (χ0n) is 10.7. The molecule has 4 nitrogen and oxygen atoms in total. The molecule has 0 amide bonds. The monoisotopic (exact) mass is 300 g/mol. The maximum Gasteiger partial charge on any atom is 0.334 e. The molecule has 0 unspecified atom stereocenters. The molecule has 0 aliphatic heterocycles. The zero-order valence-corrected chi connectivity index (χ0v) is 11.5. The molecule has 0 aliphatic rings. The van der Waals surface area contributed by atoms with Crippen LogP contribution in [0, 0.1) is 11.6 Å². The molecule has 7 heteroatoms. The lowest BCUT2D eigenvalue weighted by Crippen LogP contribution is -2.36. The fourth-order valence-corrected chi connectivity index (χ4v) is 2.26. The van der Waals surface area contributed by atoms with Gasteiger partial charge in [0.05, 0.1) is 11.3 Å². The first-order valence-corrected chi connectivity index (χ1v) is 6.21. The van der Waals surface area contributed by atoms with Gasteiger partial charge in [0.2, 0.25) is 0 Å². The van der Waals surface area contributed by atoms with E-state index in [1.54, 1.807) is 13.8 Å². The van der Waals surface area contributed by atoms with E-state index in [2.05, 4.69) is 4.98 Å². The molecule has 0 atom stereocenters. The predicted octanol–water partition coefficient (Wildman–Crippen LogP) is 2.58. The molecule has 1 heterocycles. The summed E-state index contributed by atoms with van der Waals surface area (Å²) in [6.45, 7) is 3.47. The van der Waals surface area contributed by atoms with Crippen LogP contribution in [0.15, 0.2) is 27.8 Å². The lowest BCUT2D eigenvalue weighted by atomic mass is 10.1. The van der Waals surface area contributed by atoms with Crippen molar-refractivity contribution in [3.8, 4) is 5.69 Å². The third-order valence-electron chi connectivity index (χ3n) is 2.83. The topological polar surface area (TPSA) is 54.9 Å². The Kier molecular flexibility index (Phi) is 3.76. The summed E-state index contributed by atoms with van der Waals surface area (Å²) in [5.41, 5.74) is -1.32. The second-order valence-corrected chi connectivity index (χ2v) is 4.93. The van der Waals surface area contributed by atoms with Crippen molar-refractivity contribution in [2.75, 3.05) is 0 Å². The molecule has 2 aromatic rings. The fourth-order valence-electron chi connectivity index (χ4n) is 1.88. The van der Waals surface area contributed by atoms with Crippen molar-refractivity contribution in [3.05, 3.63) is 61.4 Å². The van der Waals surface area contributed by atoms with Gasteiger partial charge in [-0.1, -0.05) is 25.4 Å². The van der Waals surface area contributed by atoms with Crippen LogP contribution < -0.4 is 11.2 Å². The van der Waals surface area contributed by atoms with Gasteiger partial charge in [0, 0.05) is 6.07 Å². The van der Waals surface area contributed by atoms with Gasteiger partial charge in [-0.15, -0.1) is 0 Å². The Bertz CT molecular complexity index is 781. The number of aromatic amines is 1.